The fourth-order valence-electron chi connectivity index (χ4n) is 4.01. The number of alkyl halides is 3. The number of pyridine rings is 1. The van der Waals surface area contributed by atoms with Crippen LogP contribution in [0.3, 0.4) is 0 Å². The van der Waals surface area contributed by atoms with Gasteiger partial charge in [-0.25, -0.2) is 8.42 Å². The average Bonchev–Trinajstić information content (AvgIpc) is 2.92. The highest BCUT2D eigenvalue weighted by atomic mass is 32.2. The monoisotopic (exact) mass is 595 g/mol. The van der Waals surface area contributed by atoms with E-state index in [-0.39, 0.29) is 32.6 Å². The van der Waals surface area contributed by atoms with Gasteiger partial charge in [-0.1, -0.05) is 30.3 Å². The van der Waals surface area contributed by atoms with E-state index in [0.717, 1.165) is 21.8 Å². The van der Waals surface area contributed by atoms with Gasteiger partial charge in [0, 0.05) is 38.0 Å². The Morgan fingerprint density at radius 3 is 2.22 bits per heavy atom. The fourth-order valence-corrected chi connectivity index (χ4v) is 5.59. The number of nitrogens with two attached hydrogens (primary N) is 3. The SMILES string of the molecule is NCCN(CCN)S(=O)(=O)C[C@H](N)C(=O)N[C@@H](Cc1ccc(C(F)(F)F)cc1)C(=O)Nc1cnc2ccccc2c1. The number of benzene rings is 2. The minimum absolute atomic E-state index is 0.0212. The number of nitrogens with zero attached hydrogens (tertiary/aromatic N) is 2. The van der Waals surface area contributed by atoms with E-state index in [1.54, 1.807) is 30.3 Å². The Bertz CT molecular complexity index is 1450. The van der Waals surface area contributed by atoms with Crippen LogP contribution in [-0.4, -0.2) is 73.5 Å². The van der Waals surface area contributed by atoms with Crippen molar-refractivity contribution in [2.45, 2.75) is 24.7 Å². The van der Waals surface area contributed by atoms with E-state index >= 15 is 0 Å². The Morgan fingerprint density at radius 2 is 1.61 bits per heavy atom. The van der Waals surface area contributed by atoms with Crippen molar-refractivity contribution < 1.29 is 31.2 Å². The summed E-state index contributed by atoms with van der Waals surface area (Å²) in [5.74, 6) is -2.43. The van der Waals surface area contributed by atoms with Crippen LogP contribution in [-0.2, 0) is 32.2 Å². The van der Waals surface area contributed by atoms with Crippen LogP contribution in [0.1, 0.15) is 11.1 Å². The topological polar surface area (TPSA) is 187 Å². The van der Waals surface area contributed by atoms with Gasteiger partial charge in [0.25, 0.3) is 0 Å². The van der Waals surface area contributed by atoms with E-state index < -0.39 is 51.4 Å². The molecule has 0 spiro atoms. The highest BCUT2D eigenvalue weighted by molar-refractivity contribution is 7.89. The molecule has 11 nitrogen and oxygen atoms in total. The third kappa shape index (κ3) is 8.93. The summed E-state index contributed by atoms with van der Waals surface area (Å²) in [5, 5.41) is 5.82. The number of sulfonamides is 1. The summed E-state index contributed by atoms with van der Waals surface area (Å²) in [6, 6.07) is 10.1. The molecule has 2 atom stereocenters. The fraction of sp³-hybridized carbons (Fsp3) is 0.346. The molecule has 8 N–H and O–H groups in total. The molecule has 0 bridgehead atoms. The molecule has 0 saturated heterocycles. The van der Waals surface area contributed by atoms with Gasteiger partial charge in [0.2, 0.25) is 21.8 Å². The third-order valence-electron chi connectivity index (χ3n) is 6.09. The number of hydrogen-bond donors (Lipinski definition) is 5. The number of nitrogens with one attached hydrogen (secondary N) is 2. The van der Waals surface area contributed by atoms with Crippen LogP contribution in [0.4, 0.5) is 18.9 Å². The summed E-state index contributed by atoms with van der Waals surface area (Å²) in [7, 11) is -4.02. The number of carbonyl (C=O) groups is 2. The zero-order valence-corrected chi connectivity index (χ0v) is 22.8. The highest BCUT2D eigenvalue weighted by Crippen LogP contribution is 2.29. The molecule has 41 heavy (non-hydrogen) atoms. The zero-order chi connectivity index (χ0) is 30.2. The second kappa shape index (κ2) is 13.8. The first kappa shape index (κ1) is 31.9. The first-order chi connectivity index (χ1) is 19.3. The summed E-state index contributed by atoms with van der Waals surface area (Å²) in [5.41, 5.74) is 17.3. The Hall–Kier alpha value is -3.63. The second-order valence-electron chi connectivity index (χ2n) is 9.23. The zero-order valence-electron chi connectivity index (χ0n) is 22.0. The van der Waals surface area contributed by atoms with Gasteiger partial charge >= 0.3 is 6.18 Å². The summed E-state index contributed by atoms with van der Waals surface area (Å²) >= 11 is 0. The van der Waals surface area contributed by atoms with Crippen LogP contribution in [0.2, 0.25) is 0 Å². The van der Waals surface area contributed by atoms with Gasteiger partial charge in [0.15, 0.2) is 0 Å². The first-order valence-corrected chi connectivity index (χ1v) is 14.2. The van der Waals surface area contributed by atoms with Gasteiger partial charge in [-0.05, 0) is 29.8 Å². The number of halogens is 3. The number of rotatable bonds is 13. The number of anilines is 1. The smallest absolute Gasteiger partial charge is 0.343 e. The lowest BCUT2D eigenvalue weighted by Gasteiger charge is -2.24. The van der Waals surface area contributed by atoms with E-state index in [1.807, 2.05) is 0 Å². The molecule has 0 unspecified atom stereocenters. The van der Waals surface area contributed by atoms with Crippen LogP contribution >= 0.6 is 0 Å². The van der Waals surface area contributed by atoms with Gasteiger partial charge in [-0.2, -0.15) is 17.5 Å². The molecule has 2 aromatic carbocycles. The molecular formula is C26H32F3N7O4S. The predicted octanol–water partition coefficient (Wildman–Crippen LogP) is 0.796. The van der Waals surface area contributed by atoms with Gasteiger partial charge in [-0.15, -0.1) is 0 Å². The molecule has 3 aromatic rings. The van der Waals surface area contributed by atoms with Crippen molar-refractivity contribution in [1.29, 1.82) is 0 Å². The summed E-state index contributed by atoms with van der Waals surface area (Å²) in [4.78, 5) is 30.5. The molecule has 2 amide bonds. The van der Waals surface area contributed by atoms with Gasteiger partial charge in [0.1, 0.15) is 6.04 Å². The molecule has 0 radical (unpaired) electrons. The number of para-hydroxylation sites is 1. The molecule has 0 saturated carbocycles. The molecule has 1 heterocycles. The molecule has 1 aromatic heterocycles. The van der Waals surface area contributed by atoms with E-state index in [0.29, 0.717) is 16.8 Å². The molecule has 222 valence electrons. The van der Waals surface area contributed by atoms with Crippen LogP contribution in [0.5, 0.6) is 0 Å². The van der Waals surface area contributed by atoms with Gasteiger partial charge in [-0.3, -0.25) is 14.6 Å². The minimum Gasteiger partial charge on any atom is -0.343 e. The molecular weight excluding hydrogens is 563 g/mol. The van der Waals surface area contributed by atoms with Crippen molar-refractivity contribution in [3.8, 4) is 0 Å². The van der Waals surface area contributed by atoms with Crippen molar-refractivity contribution in [2.24, 2.45) is 17.2 Å². The lowest BCUT2D eigenvalue weighted by molar-refractivity contribution is -0.137. The van der Waals surface area contributed by atoms with Gasteiger partial charge < -0.3 is 27.8 Å². The van der Waals surface area contributed by atoms with Gasteiger partial charge in [0.05, 0.1) is 34.8 Å². The lowest BCUT2D eigenvalue weighted by Crippen LogP contribution is -2.54. The molecule has 15 heteroatoms. The molecule has 0 aliphatic rings. The Balaban J connectivity index is 1.81. The first-order valence-electron chi connectivity index (χ1n) is 12.6. The third-order valence-corrected chi connectivity index (χ3v) is 8.02. The van der Waals surface area contributed by atoms with Crippen molar-refractivity contribution in [3.05, 3.63) is 71.9 Å². The summed E-state index contributed by atoms with van der Waals surface area (Å²) < 4.78 is 65.6. The maximum Gasteiger partial charge on any atom is 0.416 e. The van der Waals surface area contributed by atoms with Crippen molar-refractivity contribution in [1.82, 2.24) is 14.6 Å². The lowest BCUT2D eigenvalue weighted by atomic mass is 10.0. The van der Waals surface area contributed by atoms with Crippen molar-refractivity contribution >= 4 is 38.4 Å². The number of amides is 2. The maximum absolute atomic E-state index is 13.3. The Labute approximate surface area is 235 Å². The standard InChI is InChI=1S/C26H32F3N7O4S/c27-26(28,29)19-7-5-17(6-8-19)13-23(25(38)34-20-14-18-3-1-2-4-22(18)33-15-20)35-24(37)21(32)16-41(39,40)36(11-9-30)12-10-31/h1-8,14-15,21,23H,9-13,16,30-32H2,(H,34,38)(H,35,37)/t21-,23-/m0/s1. The van der Waals surface area contributed by atoms with Crippen LogP contribution in [0.15, 0.2) is 60.8 Å². The molecule has 0 fully saturated rings. The van der Waals surface area contributed by atoms with Crippen LogP contribution < -0.4 is 27.8 Å². The predicted molar refractivity (Wildman–Crippen MR) is 149 cm³/mol. The van der Waals surface area contributed by atoms with Crippen molar-refractivity contribution in [3.63, 3.8) is 0 Å². The van der Waals surface area contributed by atoms with Crippen LogP contribution in [0, 0.1) is 0 Å². The maximum atomic E-state index is 13.3. The molecule has 3 rings (SSSR count). The number of carbonyl (C=O) groups excluding carboxylic acids is 2. The average molecular weight is 596 g/mol. The summed E-state index contributed by atoms with van der Waals surface area (Å²) in [6.45, 7) is 0.0125. The Morgan fingerprint density at radius 1 is 0.976 bits per heavy atom. The second-order valence-corrected chi connectivity index (χ2v) is 11.2. The summed E-state index contributed by atoms with van der Waals surface area (Å²) in [6.07, 6.45) is -3.34. The van der Waals surface area contributed by atoms with E-state index in [1.165, 1.54) is 18.3 Å². The van der Waals surface area contributed by atoms with Crippen molar-refractivity contribution in [2.75, 3.05) is 37.2 Å². The van der Waals surface area contributed by atoms with E-state index in [9.17, 15) is 31.2 Å². The number of aromatic nitrogens is 1. The Kier molecular flexibility index (Phi) is 10.8. The molecule has 0 aliphatic carbocycles. The quantitative estimate of drug-likeness (QED) is 0.192. The van der Waals surface area contributed by atoms with Crippen LogP contribution in [0.25, 0.3) is 10.9 Å². The normalized spacial score (nSPS) is 13.6. The molecule has 0 aliphatic heterocycles. The van der Waals surface area contributed by atoms with E-state index in [2.05, 4.69) is 15.6 Å². The highest BCUT2D eigenvalue weighted by Gasteiger charge is 2.32. The van der Waals surface area contributed by atoms with E-state index in [4.69, 9.17) is 17.2 Å². The number of fused-ring (bicyclic) bond motifs is 1. The largest absolute Gasteiger partial charge is 0.416 e. The number of hydrogen-bond acceptors (Lipinski definition) is 8. The minimum atomic E-state index is -4.55.